The SMILES string of the molecule is CC(=O)Nc1ccc(C)c(NC(=O)NCc2cc(F)ccc2F)c1. The molecule has 0 heterocycles. The molecule has 0 aliphatic carbocycles. The third-order valence-electron chi connectivity index (χ3n) is 3.25. The van der Waals surface area contributed by atoms with Crippen molar-refractivity contribution in [2.24, 2.45) is 0 Å². The van der Waals surface area contributed by atoms with Crippen molar-refractivity contribution >= 4 is 23.3 Å². The Morgan fingerprint density at radius 1 is 1.04 bits per heavy atom. The van der Waals surface area contributed by atoms with Crippen LogP contribution in [0.2, 0.25) is 0 Å². The topological polar surface area (TPSA) is 70.2 Å². The highest BCUT2D eigenvalue weighted by molar-refractivity contribution is 5.93. The maximum Gasteiger partial charge on any atom is 0.319 e. The van der Waals surface area contributed by atoms with Gasteiger partial charge < -0.3 is 16.0 Å². The van der Waals surface area contributed by atoms with E-state index in [1.165, 1.54) is 6.92 Å². The number of hydrogen-bond donors (Lipinski definition) is 3. The second-order valence-electron chi connectivity index (χ2n) is 5.25. The second-order valence-corrected chi connectivity index (χ2v) is 5.25. The summed E-state index contributed by atoms with van der Waals surface area (Å²) in [6.45, 7) is 3.02. The molecule has 0 bridgehead atoms. The van der Waals surface area contributed by atoms with Gasteiger partial charge in [-0.1, -0.05) is 6.07 Å². The number of carbonyl (C=O) groups excluding carboxylic acids is 2. The molecule has 2 rings (SSSR count). The number of anilines is 2. The summed E-state index contributed by atoms with van der Waals surface area (Å²) in [4.78, 5) is 23.0. The van der Waals surface area contributed by atoms with Gasteiger partial charge in [0.1, 0.15) is 11.6 Å². The zero-order chi connectivity index (χ0) is 17.7. The van der Waals surface area contributed by atoms with E-state index in [1.807, 2.05) is 0 Å². The molecule has 24 heavy (non-hydrogen) atoms. The molecule has 126 valence electrons. The van der Waals surface area contributed by atoms with Crippen molar-refractivity contribution in [2.45, 2.75) is 20.4 Å². The van der Waals surface area contributed by atoms with E-state index in [4.69, 9.17) is 0 Å². The summed E-state index contributed by atoms with van der Waals surface area (Å²) in [7, 11) is 0. The van der Waals surface area contributed by atoms with Crippen LogP contribution in [0.15, 0.2) is 36.4 Å². The van der Waals surface area contributed by atoms with E-state index >= 15 is 0 Å². The molecule has 0 aromatic heterocycles. The Kier molecular flexibility index (Phi) is 5.47. The molecule has 0 unspecified atom stereocenters. The van der Waals surface area contributed by atoms with Crippen molar-refractivity contribution in [1.29, 1.82) is 0 Å². The van der Waals surface area contributed by atoms with Gasteiger partial charge in [-0.05, 0) is 42.8 Å². The first-order chi connectivity index (χ1) is 11.3. The van der Waals surface area contributed by atoms with Crippen LogP contribution in [-0.2, 0) is 11.3 Å². The van der Waals surface area contributed by atoms with Crippen LogP contribution >= 0.6 is 0 Å². The Morgan fingerprint density at radius 3 is 2.50 bits per heavy atom. The predicted molar refractivity (Wildman–Crippen MR) is 87.7 cm³/mol. The largest absolute Gasteiger partial charge is 0.334 e. The minimum atomic E-state index is -0.597. The van der Waals surface area contributed by atoms with E-state index in [0.717, 1.165) is 23.8 Å². The lowest BCUT2D eigenvalue weighted by Crippen LogP contribution is -2.29. The van der Waals surface area contributed by atoms with Crippen molar-refractivity contribution in [3.05, 3.63) is 59.2 Å². The fraction of sp³-hybridized carbons (Fsp3) is 0.176. The fourth-order valence-electron chi connectivity index (χ4n) is 2.06. The van der Waals surface area contributed by atoms with Gasteiger partial charge in [-0.2, -0.15) is 0 Å². The third kappa shape index (κ3) is 4.77. The maximum absolute atomic E-state index is 13.5. The number of amides is 3. The molecule has 0 atom stereocenters. The molecule has 0 saturated heterocycles. The first-order valence-electron chi connectivity index (χ1n) is 7.22. The van der Waals surface area contributed by atoms with E-state index in [-0.39, 0.29) is 18.0 Å². The Hall–Kier alpha value is -2.96. The number of nitrogens with one attached hydrogen (secondary N) is 3. The lowest BCUT2D eigenvalue weighted by atomic mass is 10.2. The fourth-order valence-corrected chi connectivity index (χ4v) is 2.06. The first kappa shape index (κ1) is 17.4. The second kappa shape index (κ2) is 7.54. The van der Waals surface area contributed by atoms with Crippen LogP contribution in [0.25, 0.3) is 0 Å². The Morgan fingerprint density at radius 2 is 1.79 bits per heavy atom. The van der Waals surface area contributed by atoms with Crippen molar-refractivity contribution < 1.29 is 18.4 Å². The molecule has 7 heteroatoms. The molecule has 3 amide bonds. The van der Waals surface area contributed by atoms with E-state index in [9.17, 15) is 18.4 Å². The zero-order valence-electron chi connectivity index (χ0n) is 13.2. The molecule has 3 N–H and O–H groups in total. The highest BCUT2D eigenvalue weighted by Gasteiger charge is 2.09. The van der Waals surface area contributed by atoms with Crippen molar-refractivity contribution in [1.82, 2.24) is 5.32 Å². The minimum absolute atomic E-state index is 0.0499. The van der Waals surface area contributed by atoms with Gasteiger partial charge in [0.25, 0.3) is 0 Å². The van der Waals surface area contributed by atoms with Gasteiger partial charge in [-0.15, -0.1) is 0 Å². The highest BCUT2D eigenvalue weighted by Crippen LogP contribution is 2.20. The van der Waals surface area contributed by atoms with E-state index in [0.29, 0.717) is 11.4 Å². The Balaban J connectivity index is 2.01. The molecule has 2 aromatic rings. The number of halogens is 2. The number of rotatable bonds is 4. The maximum atomic E-state index is 13.5. The number of urea groups is 1. The summed E-state index contributed by atoms with van der Waals surface area (Å²) >= 11 is 0. The summed E-state index contributed by atoms with van der Waals surface area (Å²) in [6, 6.07) is 7.54. The molecule has 0 spiro atoms. The van der Waals surface area contributed by atoms with Crippen LogP contribution in [0.5, 0.6) is 0 Å². The summed E-state index contributed by atoms with van der Waals surface area (Å²) < 4.78 is 26.6. The number of benzene rings is 2. The smallest absolute Gasteiger partial charge is 0.319 e. The quantitative estimate of drug-likeness (QED) is 0.801. The monoisotopic (exact) mass is 333 g/mol. The summed E-state index contributed by atoms with van der Waals surface area (Å²) in [6.07, 6.45) is 0. The van der Waals surface area contributed by atoms with Crippen molar-refractivity contribution in [3.8, 4) is 0 Å². The van der Waals surface area contributed by atoms with Crippen LogP contribution in [0.4, 0.5) is 25.0 Å². The van der Waals surface area contributed by atoms with Gasteiger partial charge in [-0.3, -0.25) is 4.79 Å². The molecular weight excluding hydrogens is 316 g/mol. The van der Waals surface area contributed by atoms with Gasteiger partial charge in [0, 0.05) is 30.4 Å². The molecule has 2 aromatic carbocycles. The molecule has 0 saturated carbocycles. The van der Waals surface area contributed by atoms with Crippen LogP contribution < -0.4 is 16.0 Å². The van der Waals surface area contributed by atoms with E-state index < -0.39 is 17.7 Å². The Labute approximate surface area is 138 Å². The van der Waals surface area contributed by atoms with Gasteiger partial charge >= 0.3 is 6.03 Å². The lowest BCUT2D eigenvalue weighted by Gasteiger charge is -2.12. The lowest BCUT2D eigenvalue weighted by molar-refractivity contribution is -0.114. The molecule has 0 aliphatic rings. The number of aryl methyl sites for hydroxylation is 1. The number of hydrogen-bond acceptors (Lipinski definition) is 2. The van der Waals surface area contributed by atoms with Gasteiger partial charge in [0.15, 0.2) is 0 Å². The van der Waals surface area contributed by atoms with Gasteiger partial charge in [0.2, 0.25) is 5.91 Å². The molecule has 0 aliphatic heterocycles. The third-order valence-corrected chi connectivity index (χ3v) is 3.25. The molecular formula is C17H17F2N3O2. The zero-order valence-corrected chi connectivity index (χ0v) is 13.2. The Bertz CT molecular complexity index is 778. The molecule has 5 nitrogen and oxygen atoms in total. The summed E-state index contributed by atoms with van der Waals surface area (Å²) in [5, 5.41) is 7.68. The minimum Gasteiger partial charge on any atom is -0.334 e. The summed E-state index contributed by atoms with van der Waals surface area (Å²) in [5.41, 5.74) is 1.88. The van der Waals surface area contributed by atoms with Crippen molar-refractivity contribution in [3.63, 3.8) is 0 Å². The average Bonchev–Trinajstić information content (AvgIpc) is 2.51. The van der Waals surface area contributed by atoms with Gasteiger partial charge in [-0.25, -0.2) is 13.6 Å². The number of carbonyl (C=O) groups is 2. The van der Waals surface area contributed by atoms with Crippen LogP contribution in [0.1, 0.15) is 18.1 Å². The van der Waals surface area contributed by atoms with Crippen LogP contribution in [0, 0.1) is 18.6 Å². The highest BCUT2D eigenvalue weighted by atomic mass is 19.1. The van der Waals surface area contributed by atoms with E-state index in [1.54, 1.807) is 25.1 Å². The molecule has 0 radical (unpaired) electrons. The summed E-state index contributed by atoms with van der Waals surface area (Å²) in [5.74, 6) is -1.40. The van der Waals surface area contributed by atoms with E-state index in [2.05, 4.69) is 16.0 Å². The van der Waals surface area contributed by atoms with Crippen molar-refractivity contribution in [2.75, 3.05) is 10.6 Å². The standard InChI is InChI=1S/C17H17F2N3O2/c1-10-3-5-14(21-11(2)23)8-16(10)22-17(24)20-9-12-7-13(18)4-6-15(12)19/h3-8H,9H2,1-2H3,(H,21,23)(H2,20,22,24). The first-order valence-corrected chi connectivity index (χ1v) is 7.22. The van der Waals surface area contributed by atoms with Crippen LogP contribution in [-0.4, -0.2) is 11.9 Å². The normalized spacial score (nSPS) is 10.2. The predicted octanol–water partition coefficient (Wildman–Crippen LogP) is 3.55. The van der Waals surface area contributed by atoms with Gasteiger partial charge in [0.05, 0.1) is 0 Å². The van der Waals surface area contributed by atoms with Crippen LogP contribution in [0.3, 0.4) is 0 Å². The molecule has 0 fully saturated rings. The average molecular weight is 333 g/mol.